The number of ketones is 1. The summed E-state index contributed by atoms with van der Waals surface area (Å²) in [4.78, 5) is 23.7. The zero-order valence-corrected chi connectivity index (χ0v) is 12.8. The van der Waals surface area contributed by atoms with E-state index in [9.17, 15) is 9.59 Å². The van der Waals surface area contributed by atoms with Gasteiger partial charge in [0.1, 0.15) is 5.69 Å². The summed E-state index contributed by atoms with van der Waals surface area (Å²) >= 11 is 0. The minimum absolute atomic E-state index is 0. The molecule has 1 saturated carbocycles. The second-order valence-electron chi connectivity index (χ2n) is 5.43. The van der Waals surface area contributed by atoms with E-state index < -0.39 is 0 Å². The minimum atomic E-state index is -0.266. The van der Waals surface area contributed by atoms with Crippen molar-refractivity contribution in [2.45, 2.75) is 38.1 Å². The Balaban J connectivity index is 0.00000200. The van der Waals surface area contributed by atoms with Gasteiger partial charge in [-0.1, -0.05) is 12.8 Å². The van der Waals surface area contributed by atoms with E-state index in [1.165, 1.54) is 6.92 Å². The highest BCUT2D eigenvalue weighted by molar-refractivity contribution is 5.99. The number of hydrogen-bond donors (Lipinski definition) is 2. The minimum Gasteiger partial charge on any atom is -0.346 e. The van der Waals surface area contributed by atoms with Gasteiger partial charge in [-0.2, -0.15) is 0 Å². The molecule has 0 spiro atoms. The summed E-state index contributed by atoms with van der Waals surface area (Å²) in [5.74, 6) is -0.189. The van der Waals surface area contributed by atoms with Crippen LogP contribution in [-0.4, -0.2) is 28.3 Å². The number of carbonyl (C=O) groups excluding carboxylic acids is 2. The summed E-state index contributed by atoms with van der Waals surface area (Å²) in [6.07, 6.45) is 5.74. The molecule has 1 aromatic heterocycles. The number of carbonyl (C=O) groups is 2. The van der Waals surface area contributed by atoms with Crippen molar-refractivity contribution in [1.82, 2.24) is 9.88 Å². The van der Waals surface area contributed by atoms with E-state index in [0.29, 0.717) is 17.8 Å². The number of Topliss-reactive ketones (excluding diaryl/α,β-unsaturated/α-hetero) is 1. The Kier molecular flexibility index (Phi) is 5.36. The second kappa shape index (κ2) is 6.41. The van der Waals surface area contributed by atoms with Gasteiger partial charge in [0, 0.05) is 25.4 Å². The lowest BCUT2D eigenvalue weighted by Gasteiger charge is -2.28. The van der Waals surface area contributed by atoms with Crippen LogP contribution in [0.5, 0.6) is 0 Å². The number of amides is 1. The Morgan fingerprint density at radius 1 is 1.40 bits per heavy atom. The maximum absolute atomic E-state index is 12.3. The van der Waals surface area contributed by atoms with Crippen LogP contribution < -0.4 is 11.1 Å². The predicted molar refractivity (Wildman–Crippen MR) is 80.4 cm³/mol. The highest BCUT2D eigenvalue weighted by atomic mass is 35.5. The van der Waals surface area contributed by atoms with Crippen molar-refractivity contribution in [1.29, 1.82) is 0 Å². The summed E-state index contributed by atoms with van der Waals surface area (Å²) in [6.45, 7) is 1.96. The Morgan fingerprint density at radius 3 is 2.45 bits per heavy atom. The Bertz CT molecular complexity index is 505. The molecule has 6 heteroatoms. The van der Waals surface area contributed by atoms with Gasteiger partial charge in [0.15, 0.2) is 5.78 Å². The van der Waals surface area contributed by atoms with Gasteiger partial charge in [-0.05, 0) is 25.8 Å². The van der Waals surface area contributed by atoms with Crippen LogP contribution >= 0.6 is 12.4 Å². The monoisotopic (exact) mass is 299 g/mol. The molecule has 1 amide bonds. The first-order chi connectivity index (χ1) is 8.97. The van der Waals surface area contributed by atoms with E-state index in [2.05, 4.69) is 5.32 Å². The number of halogens is 1. The van der Waals surface area contributed by atoms with Crippen molar-refractivity contribution in [2.75, 3.05) is 6.54 Å². The smallest absolute Gasteiger partial charge is 0.268 e. The van der Waals surface area contributed by atoms with Crippen molar-refractivity contribution in [3.63, 3.8) is 0 Å². The number of nitrogens with one attached hydrogen (secondary N) is 1. The lowest BCUT2D eigenvalue weighted by Crippen LogP contribution is -2.51. The maximum atomic E-state index is 12.3. The number of aromatic nitrogens is 1. The van der Waals surface area contributed by atoms with E-state index in [0.717, 1.165) is 25.7 Å². The summed E-state index contributed by atoms with van der Waals surface area (Å²) in [7, 11) is 1.77. The van der Waals surface area contributed by atoms with Crippen LogP contribution in [0.1, 0.15) is 53.5 Å². The van der Waals surface area contributed by atoms with Crippen LogP contribution in [0.2, 0.25) is 0 Å². The number of nitrogens with two attached hydrogens (primary N) is 1. The van der Waals surface area contributed by atoms with Gasteiger partial charge in [0.25, 0.3) is 5.91 Å². The Labute approximate surface area is 125 Å². The van der Waals surface area contributed by atoms with Gasteiger partial charge in [0.05, 0.1) is 5.54 Å². The fraction of sp³-hybridized carbons (Fsp3) is 0.571. The van der Waals surface area contributed by atoms with Crippen LogP contribution in [0.25, 0.3) is 0 Å². The molecule has 0 aromatic carbocycles. The normalized spacial score (nSPS) is 16.6. The van der Waals surface area contributed by atoms with Crippen molar-refractivity contribution in [3.05, 3.63) is 23.5 Å². The quantitative estimate of drug-likeness (QED) is 0.830. The maximum Gasteiger partial charge on any atom is 0.268 e. The topological polar surface area (TPSA) is 77.1 Å². The second-order valence-corrected chi connectivity index (χ2v) is 5.43. The van der Waals surface area contributed by atoms with Crippen molar-refractivity contribution >= 4 is 24.1 Å². The molecule has 1 aromatic rings. The summed E-state index contributed by atoms with van der Waals surface area (Å²) in [5.41, 5.74) is 6.61. The fourth-order valence-corrected chi connectivity index (χ4v) is 2.72. The van der Waals surface area contributed by atoms with Gasteiger partial charge in [-0.25, -0.2) is 0 Å². The standard InChI is InChI=1S/C14H21N3O2.ClH/c1-10(18)11-7-12(17(2)8-11)13(19)16-14(9-15)5-3-4-6-14;/h7-8H,3-6,9,15H2,1-2H3,(H,16,19);1H. The molecule has 3 N–H and O–H groups in total. The molecule has 0 bridgehead atoms. The zero-order chi connectivity index (χ0) is 14.0. The summed E-state index contributed by atoms with van der Waals surface area (Å²) in [6, 6.07) is 1.64. The first-order valence-electron chi connectivity index (χ1n) is 6.67. The van der Waals surface area contributed by atoms with Gasteiger partial charge in [0.2, 0.25) is 0 Å². The van der Waals surface area contributed by atoms with Crippen LogP contribution in [0.15, 0.2) is 12.3 Å². The number of rotatable bonds is 4. The number of hydrogen-bond acceptors (Lipinski definition) is 3. The molecule has 1 aliphatic rings. The Morgan fingerprint density at radius 2 is 2.00 bits per heavy atom. The molecule has 5 nitrogen and oxygen atoms in total. The summed E-state index contributed by atoms with van der Waals surface area (Å²) in [5, 5.41) is 3.06. The Hall–Kier alpha value is -1.33. The lowest BCUT2D eigenvalue weighted by atomic mass is 9.97. The van der Waals surface area contributed by atoms with E-state index in [4.69, 9.17) is 5.73 Å². The molecule has 0 saturated heterocycles. The average molecular weight is 300 g/mol. The number of aryl methyl sites for hydroxylation is 1. The zero-order valence-electron chi connectivity index (χ0n) is 11.9. The van der Waals surface area contributed by atoms with E-state index in [1.54, 1.807) is 23.9 Å². The van der Waals surface area contributed by atoms with E-state index >= 15 is 0 Å². The molecule has 20 heavy (non-hydrogen) atoms. The van der Waals surface area contributed by atoms with Gasteiger partial charge in [-0.3, -0.25) is 9.59 Å². The first-order valence-corrected chi connectivity index (χ1v) is 6.67. The van der Waals surface area contributed by atoms with Crippen molar-refractivity contribution < 1.29 is 9.59 Å². The third-order valence-electron chi connectivity index (χ3n) is 3.97. The SMILES string of the molecule is CC(=O)c1cc(C(=O)NC2(CN)CCCC2)n(C)c1.Cl. The molecule has 0 atom stereocenters. The molecule has 0 aliphatic heterocycles. The van der Waals surface area contributed by atoms with Crippen LogP contribution in [-0.2, 0) is 7.05 Å². The van der Waals surface area contributed by atoms with Gasteiger partial charge < -0.3 is 15.6 Å². The molecule has 1 aliphatic carbocycles. The van der Waals surface area contributed by atoms with Crippen molar-refractivity contribution in [3.8, 4) is 0 Å². The molecule has 0 unspecified atom stereocenters. The fourth-order valence-electron chi connectivity index (χ4n) is 2.72. The van der Waals surface area contributed by atoms with E-state index in [1.807, 2.05) is 0 Å². The van der Waals surface area contributed by atoms with Crippen molar-refractivity contribution in [2.24, 2.45) is 12.8 Å². The lowest BCUT2D eigenvalue weighted by molar-refractivity contribution is 0.0894. The third-order valence-corrected chi connectivity index (χ3v) is 3.97. The average Bonchev–Trinajstić information content (AvgIpc) is 2.96. The van der Waals surface area contributed by atoms with Gasteiger partial charge >= 0.3 is 0 Å². The molecular formula is C14H22ClN3O2. The van der Waals surface area contributed by atoms with Crippen LogP contribution in [0.3, 0.4) is 0 Å². The highest BCUT2D eigenvalue weighted by Crippen LogP contribution is 2.29. The molecule has 1 fully saturated rings. The summed E-state index contributed by atoms with van der Waals surface area (Å²) < 4.78 is 1.69. The number of nitrogens with zero attached hydrogens (tertiary/aromatic N) is 1. The predicted octanol–water partition coefficient (Wildman–Crippen LogP) is 1.65. The molecule has 0 radical (unpaired) electrons. The third kappa shape index (κ3) is 3.22. The first kappa shape index (κ1) is 16.7. The van der Waals surface area contributed by atoms with Crippen LogP contribution in [0, 0.1) is 0 Å². The largest absolute Gasteiger partial charge is 0.346 e. The molecular weight excluding hydrogens is 278 g/mol. The molecule has 2 rings (SSSR count). The molecule has 112 valence electrons. The molecule has 1 heterocycles. The van der Waals surface area contributed by atoms with E-state index in [-0.39, 0.29) is 29.6 Å². The highest BCUT2D eigenvalue weighted by Gasteiger charge is 2.34. The van der Waals surface area contributed by atoms with Gasteiger partial charge in [-0.15, -0.1) is 12.4 Å². The van der Waals surface area contributed by atoms with Crippen LogP contribution in [0.4, 0.5) is 0 Å².